The Morgan fingerprint density at radius 2 is 2.35 bits per heavy atom. The van der Waals surface area contributed by atoms with Gasteiger partial charge in [-0.3, -0.25) is 9.78 Å². The fourth-order valence-corrected chi connectivity index (χ4v) is 2.12. The van der Waals surface area contributed by atoms with Crippen molar-refractivity contribution >= 4 is 34.5 Å². The Kier molecular flexibility index (Phi) is 5.50. The molecule has 17 heavy (non-hydrogen) atoms. The Bertz CT molecular complexity index is 376. The molecule has 1 aromatic rings. The van der Waals surface area contributed by atoms with Gasteiger partial charge < -0.3 is 10.6 Å². The predicted molar refractivity (Wildman–Crippen MR) is 74.3 cm³/mol. The van der Waals surface area contributed by atoms with Gasteiger partial charge in [-0.15, -0.1) is 11.3 Å². The Balaban J connectivity index is 2.68. The molecule has 1 heterocycles. The molecule has 0 fully saturated rings. The molecule has 0 saturated heterocycles. The van der Waals surface area contributed by atoms with Crippen molar-refractivity contribution < 1.29 is 4.79 Å². The summed E-state index contributed by atoms with van der Waals surface area (Å²) < 4.78 is 0. The molecule has 0 aromatic carbocycles. The molecular formula is C11H17N3OS2. The molecule has 4 nitrogen and oxygen atoms in total. The normalized spacial score (nSPS) is 10.5. The van der Waals surface area contributed by atoms with E-state index in [0.717, 1.165) is 0 Å². The Labute approximate surface area is 111 Å². The second-order valence-corrected chi connectivity index (χ2v) is 5.64. The van der Waals surface area contributed by atoms with Crippen LogP contribution in [0, 0.1) is 5.92 Å². The fourth-order valence-electron chi connectivity index (χ4n) is 1.44. The second-order valence-electron chi connectivity index (χ2n) is 4.23. The minimum atomic E-state index is 0.0115. The number of hydrogen-bond acceptors (Lipinski definition) is 4. The molecule has 6 heteroatoms. The van der Waals surface area contributed by atoms with Crippen molar-refractivity contribution in [1.82, 2.24) is 9.88 Å². The van der Waals surface area contributed by atoms with Gasteiger partial charge in [0.15, 0.2) is 0 Å². The Morgan fingerprint density at radius 1 is 1.65 bits per heavy atom. The van der Waals surface area contributed by atoms with Crippen molar-refractivity contribution in [1.29, 1.82) is 0 Å². The third-order valence-electron chi connectivity index (χ3n) is 2.14. The summed E-state index contributed by atoms with van der Waals surface area (Å²) in [5, 5.41) is 0. The van der Waals surface area contributed by atoms with E-state index in [0.29, 0.717) is 35.3 Å². The van der Waals surface area contributed by atoms with Crippen LogP contribution >= 0.6 is 23.6 Å². The smallest absolute Gasteiger partial charge is 0.265 e. The van der Waals surface area contributed by atoms with Gasteiger partial charge in [-0.25, -0.2) is 0 Å². The van der Waals surface area contributed by atoms with Gasteiger partial charge in [0.05, 0.1) is 16.7 Å². The first kappa shape index (κ1) is 14.1. The minimum Gasteiger partial charge on any atom is -0.393 e. The number of thiocarbonyl (C=S) groups is 1. The average Bonchev–Trinajstić information content (AvgIpc) is 2.75. The molecule has 2 N–H and O–H groups in total. The number of aromatic nitrogens is 1. The molecule has 0 radical (unpaired) electrons. The highest BCUT2D eigenvalue weighted by Gasteiger charge is 2.18. The van der Waals surface area contributed by atoms with E-state index < -0.39 is 0 Å². The van der Waals surface area contributed by atoms with Crippen LogP contribution in [0.3, 0.4) is 0 Å². The Hall–Kier alpha value is -1.01. The molecule has 0 atom stereocenters. The average molecular weight is 271 g/mol. The molecule has 1 rings (SSSR count). The number of nitrogens with two attached hydrogens (primary N) is 1. The van der Waals surface area contributed by atoms with Crippen LogP contribution in [-0.2, 0) is 0 Å². The number of hydrogen-bond donors (Lipinski definition) is 1. The van der Waals surface area contributed by atoms with Crippen molar-refractivity contribution in [3.8, 4) is 0 Å². The van der Waals surface area contributed by atoms with Gasteiger partial charge in [-0.05, 0) is 5.92 Å². The molecule has 94 valence electrons. The molecule has 0 aliphatic carbocycles. The largest absolute Gasteiger partial charge is 0.393 e. The SMILES string of the molecule is CC(C)CN(CCC(N)=S)C(=O)c1cncs1. The van der Waals surface area contributed by atoms with Crippen LogP contribution in [0.15, 0.2) is 11.7 Å². The van der Waals surface area contributed by atoms with Crippen molar-refractivity contribution in [2.24, 2.45) is 11.7 Å². The summed E-state index contributed by atoms with van der Waals surface area (Å²) in [5.41, 5.74) is 7.14. The van der Waals surface area contributed by atoms with Crippen molar-refractivity contribution in [2.75, 3.05) is 13.1 Å². The van der Waals surface area contributed by atoms with Gasteiger partial charge in [-0.1, -0.05) is 26.1 Å². The van der Waals surface area contributed by atoms with E-state index >= 15 is 0 Å². The highest BCUT2D eigenvalue weighted by Crippen LogP contribution is 2.12. The zero-order valence-electron chi connectivity index (χ0n) is 10.0. The lowest BCUT2D eigenvalue weighted by atomic mass is 10.2. The van der Waals surface area contributed by atoms with Gasteiger partial charge >= 0.3 is 0 Å². The van der Waals surface area contributed by atoms with E-state index in [-0.39, 0.29) is 5.91 Å². The first-order chi connectivity index (χ1) is 8.00. The summed E-state index contributed by atoms with van der Waals surface area (Å²) in [4.78, 5) is 19.0. The number of thiazole rings is 1. The number of carbonyl (C=O) groups excluding carboxylic acids is 1. The summed E-state index contributed by atoms with van der Waals surface area (Å²) in [6.07, 6.45) is 2.16. The number of carbonyl (C=O) groups is 1. The van der Waals surface area contributed by atoms with E-state index in [1.54, 1.807) is 16.6 Å². The van der Waals surface area contributed by atoms with Gasteiger partial charge in [0, 0.05) is 19.5 Å². The van der Waals surface area contributed by atoms with Crippen LogP contribution in [0.4, 0.5) is 0 Å². The van der Waals surface area contributed by atoms with Crippen LogP contribution in [-0.4, -0.2) is 33.9 Å². The highest BCUT2D eigenvalue weighted by molar-refractivity contribution is 7.80. The molecule has 0 spiro atoms. The van der Waals surface area contributed by atoms with E-state index in [9.17, 15) is 4.79 Å². The molecule has 0 bridgehead atoms. The molecule has 1 amide bonds. The summed E-state index contributed by atoms with van der Waals surface area (Å²) in [5.74, 6) is 0.427. The molecule has 0 unspecified atom stereocenters. The Morgan fingerprint density at radius 3 is 2.82 bits per heavy atom. The predicted octanol–water partition coefficient (Wildman–Crippen LogP) is 1.92. The van der Waals surface area contributed by atoms with Crippen molar-refractivity contribution in [3.05, 3.63) is 16.6 Å². The monoisotopic (exact) mass is 271 g/mol. The number of nitrogens with zero attached hydrogens (tertiary/aromatic N) is 2. The van der Waals surface area contributed by atoms with Gasteiger partial charge in [-0.2, -0.15) is 0 Å². The number of amides is 1. The third kappa shape index (κ3) is 4.79. The maximum absolute atomic E-state index is 12.2. The van der Waals surface area contributed by atoms with E-state index in [2.05, 4.69) is 18.8 Å². The van der Waals surface area contributed by atoms with E-state index in [1.165, 1.54) is 11.3 Å². The zero-order valence-corrected chi connectivity index (χ0v) is 11.7. The standard InChI is InChI=1S/C11H17N3OS2/c1-8(2)6-14(4-3-10(12)16)11(15)9-5-13-7-17-9/h5,7-8H,3-4,6H2,1-2H3,(H2,12,16). The molecule has 1 aromatic heterocycles. The van der Waals surface area contributed by atoms with Crippen LogP contribution in [0.5, 0.6) is 0 Å². The lowest BCUT2D eigenvalue weighted by Gasteiger charge is -2.23. The lowest BCUT2D eigenvalue weighted by molar-refractivity contribution is 0.0746. The molecular weight excluding hydrogens is 254 g/mol. The minimum absolute atomic E-state index is 0.0115. The first-order valence-electron chi connectivity index (χ1n) is 5.46. The molecule has 0 aliphatic rings. The summed E-state index contributed by atoms with van der Waals surface area (Å²) in [6.45, 7) is 5.44. The maximum Gasteiger partial charge on any atom is 0.265 e. The van der Waals surface area contributed by atoms with Gasteiger partial charge in [0.2, 0.25) is 0 Å². The van der Waals surface area contributed by atoms with Crippen molar-refractivity contribution in [2.45, 2.75) is 20.3 Å². The molecule has 0 saturated carbocycles. The van der Waals surface area contributed by atoms with Crippen molar-refractivity contribution in [3.63, 3.8) is 0 Å². The maximum atomic E-state index is 12.2. The summed E-state index contributed by atoms with van der Waals surface area (Å²) in [6, 6.07) is 0. The highest BCUT2D eigenvalue weighted by atomic mass is 32.1. The lowest BCUT2D eigenvalue weighted by Crippen LogP contribution is -2.36. The van der Waals surface area contributed by atoms with Gasteiger partial charge in [0.1, 0.15) is 4.88 Å². The van der Waals surface area contributed by atoms with Crippen LogP contribution in [0.25, 0.3) is 0 Å². The quantitative estimate of drug-likeness (QED) is 0.803. The zero-order chi connectivity index (χ0) is 12.8. The second kappa shape index (κ2) is 6.66. The van der Waals surface area contributed by atoms with E-state index in [4.69, 9.17) is 18.0 Å². The summed E-state index contributed by atoms with van der Waals surface area (Å²) in [7, 11) is 0. The van der Waals surface area contributed by atoms with Crippen LogP contribution < -0.4 is 5.73 Å². The van der Waals surface area contributed by atoms with E-state index in [1.807, 2.05) is 0 Å². The topological polar surface area (TPSA) is 59.2 Å². The molecule has 0 aliphatic heterocycles. The van der Waals surface area contributed by atoms with Crippen LogP contribution in [0.1, 0.15) is 29.9 Å². The fraction of sp³-hybridized carbons (Fsp3) is 0.545. The summed E-state index contributed by atoms with van der Waals surface area (Å²) >= 11 is 6.20. The van der Waals surface area contributed by atoms with Crippen LogP contribution in [0.2, 0.25) is 0 Å². The number of rotatable bonds is 6. The third-order valence-corrected chi connectivity index (χ3v) is 3.11. The van der Waals surface area contributed by atoms with Gasteiger partial charge in [0.25, 0.3) is 5.91 Å². The first-order valence-corrected chi connectivity index (χ1v) is 6.75.